The Kier molecular flexibility index (Phi) is 5.60. The molecule has 0 saturated heterocycles. The predicted octanol–water partition coefficient (Wildman–Crippen LogP) is 2.33. The molecule has 2 N–H and O–H groups in total. The van der Waals surface area contributed by atoms with E-state index >= 15 is 0 Å². The Morgan fingerprint density at radius 3 is 2.65 bits per heavy atom. The molecular formula is C19H24N2O4S. The van der Waals surface area contributed by atoms with Crippen molar-refractivity contribution in [1.82, 2.24) is 9.71 Å². The van der Waals surface area contributed by atoms with Crippen LogP contribution in [0.5, 0.6) is 5.88 Å². The zero-order valence-corrected chi connectivity index (χ0v) is 15.7. The van der Waals surface area contributed by atoms with Gasteiger partial charge in [-0.15, -0.1) is 0 Å². The van der Waals surface area contributed by atoms with Gasteiger partial charge in [0.25, 0.3) is 0 Å². The summed E-state index contributed by atoms with van der Waals surface area (Å²) in [4.78, 5) is 4.18. The number of nitrogens with zero attached hydrogens (tertiary/aromatic N) is 1. The highest BCUT2D eigenvalue weighted by molar-refractivity contribution is 7.88. The lowest BCUT2D eigenvalue weighted by Gasteiger charge is -2.38. The van der Waals surface area contributed by atoms with Crippen LogP contribution in [0.4, 0.5) is 0 Å². The van der Waals surface area contributed by atoms with Gasteiger partial charge in [0, 0.05) is 12.3 Å². The molecular weight excluding hydrogens is 352 g/mol. The molecule has 140 valence electrons. The van der Waals surface area contributed by atoms with E-state index in [0.717, 1.165) is 16.7 Å². The smallest absolute Gasteiger partial charge is 0.216 e. The number of nitrogens with one attached hydrogen (secondary N) is 1. The molecule has 0 spiro atoms. The van der Waals surface area contributed by atoms with Crippen LogP contribution in [-0.2, 0) is 15.8 Å². The summed E-state index contributed by atoms with van der Waals surface area (Å²) in [6, 6.07) is 10.6. The van der Waals surface area contributed by atoms with E-state index in [2.05, 4.69) is 9.71 Å². The molecule has 0 bridgehead atoms. The monoisotopic (exact) mass is 376 g/mol. The fourth-order valence-electron chi connectivity index (χ4n) is 3.29. The Bertz CT molecular complexity index is 846. The van der Waals surface area contributed by atoms with Gasteiger partial charge in [0.15, 0.2) is 0 Å². The second-order valence-corrected chi connectivity index (χ2v) is 8.62. The zero-order chi connectivity index (χ0) is 18.7. The van der Waals surface area contributed by atoms with E-state index in [4.69, 9.17) is 4.74 Å². The van der Waals surface area contributed by atoms with E-state index in [1.807, 2.05) is 37.3 Å². The fourth-order valence-corrected chi connectivity index (χ4v) is 4.71. The first-order valence-electron chi connectivity index (χ1n) is 8.60. The minimum absolute atomic E-state index is 0.0486. The molecule has 0 amide bonds. The summed E-state index contributed by atoms with van der Waals surface area (Å²) in [5.74, 6) is 0.445. The van der Waals surface area contributed by atoms with Gasteiger partial charge in [-0.05, 0) is 36.8 Å². The Morgan fingerprint density at radius 1 is 1.31 bits per heavy atom. The number of pyridine rings is 1. The van der Waals surface area contributed by atoms with Crippen molar-refractivity contribution in [2.24, 2.45) is 5.92 Å². The average Bonchev–Trinajstić information content (AvgIpc) is 2.57. The zero-order valence-electron chi connectivity index (χ0n) is 14.9. The first-order chi connectivity index (χ1) is 12.4. The highest BCUT2D eigenvalue weighted by Crippen LogP contribution is 2.38. The largest absolute Gasteiger partial charge is 0.481 e. The van der Waals surface area contributed by atoms with Gasteiger partial charge >= 0.3 is 0 Å². The Balaban J connectivity index is 1.80. The number of ether oxygens (including phenoxy) is 1. The van der Waals surface area contributed by atoms with E-state index in [0.29, 0.717) is 18.7 Å². The van der Waals surface area contributed by atoms with Crippen molar-refractivity contribution in [3.8, 4) is 5.88 Å². The maximum absolute atomic E-state index is 12.7. The van der Waals surface area contributed by atoms with Gasteiger partial charge in [-0.1, -0.05) is 35.9 Å². The molecule has 1 atom stereocenters. The minimum atomic E-state index is -3.54. The number of aromatic nitrogens is 1. The van der Waals surface area contributed by atoms with E-state index in [1.54, 1.807) is 12.3 Å². The predicted molar refractivity (Wildman–Crippen MR) is 99.2 cm³/mol. The highest BCUT2D eigenvalue weighted by Gasteiger charge is 2.37. The SMILES string of the molecule is COc1ccc(C(NS(=O)(=O)Cc2cccc(C)c2)C2CC(O)C2)cn1. The Labute approximate surface area is 154 Å². The normalized spacial score (nSPS) is 21.0. The molecule has 1 aromatic carbocycles. The Morgan fingerprint density at radius 2 is 2.08 bits per heavy atom. The standard InChI is InChI=1S/C19H24N2O4S/c1-13-4-3-5-14(8-13)12-26(23,24)21-19(16-9-17(22)10-16)15-6-7-18(25-2)20-11-15/h3-8,11,16-17,19,21-22H,9-10,12H2,1-2H3. The van der Waals surface area contributed by atoms with Crippen molar-refractivity contribution < 1.29 is 18.3 Å². The molecule has 26 heavy (non-hydrogen) atoms. The van der Waals surface area contributed by atoms with Gasteiger partial charge in [0.2, 0.25) is 15.9 Å². The summed E-state index contributed by atoms with van der Waals surface area (Å²) >= 11 is 0. The van der Waals surface area contributed by atoms with Gasteiger partial charge in [-0.25, -0.2) is 18.1 Å². The van der Waals surface area contributed by atoms with Crippen LogP contribution in [0.15, 0.2) is 42.6 Å². The molecule has 0 aliphatic heterocycles. The minimum Gasteiger partial charge on any atom is -0.481 e. The van der Waals surface area contributed by atoms with Crippen LogP contribution in [0, 0.1) is 12.8 Å². The van der Waals surface area contributed by atoms with E-state index < -0.39 is 16.1 Å². The molecule has 7 heteroatoms. The van der Waals surface area contributed by atoms with E-state index in [9.17, 15) is 13.5 Å². The fraction of sp³-hybridized carbons (Fsp3) is 0.421. The first kappa shape index (κ1) is 18.8. The summed E-state index contributed by atoms with van der Waals surface area (Å²) in [5.41, 5.74) is 2.55. The maximum Gasteiger partial charge on any atom is 0.216 e. The van der Waals surface area contributed by atoms with Crippen molar-refractivity contribution >= 4 is 10.0 Å². The van der Waals surface area contributed by atoms with Gasteiger partial charge in [-0.2, -0.15) is 0 Å². The quantitative estimate of drug-likeness (QED) is 0.774. The third-order valence-corrected chi connectivity index (χ3v) is 6.02. The van der Waals surface area contributed by atoms with Crippen molar-refractivity contribution in [3.63, 3.8) is 0 Å². The van der Waals surface area contributed by atoms with Crippen molar-refractivity contribution in [1.29, 1.82) is 0 Å². The van der Waals surface area contributed by atoms with Gasteiger partial charge in [0.05, 0.1) is 25.0 Å². The van der Waals surface area contributed by atoms with Gasteiger partial charge in [0.1, 0.15) is 0 Å². The summed E-state index contributed by atoms with van der Waals surface area (Å²) in [7, 11) is -2.01. The molecule has 6 nitrogen and oxygen atoms in total. The third-order valence-electron chi connectivity index (χ3n) is 4.69. The number of rotatable bonds is 7. The molecule has 1 heterocycles. The molecule has 1 saturated carbocycles. The average molecular weight is 376 g/mol. The summed E-state index contributed by atoms with van der Waals surface area (Å²) in [6.07, 6.45) is 2.41. The van der Waals surface area contributed by atoms with E-state index in [1.165, 1.54) is 7.11 Å². The summed E-state index contributed by atoms with van der Waals surface area (Å²) in [6.45, 7) is 1.94. The van der Waals surface area contributed by atoms with Crippen molar-refractivity contribution in [2.75, 3.05) is 7.11 Å². The lowest BCUT2D eigenvalue weighted by molar-refractivity contribution is 0.0279. The molecule has 3 rings (SSSR count). The topological polar surface area (TPSA) is 88.5 Å². The van der Waals surface area contributed by atoms with Crippen LogP contribution in [0.3, 0.4) is 0 Å². The molecule has 1 aromatic heterocycles. The number of hydrogen-bond donors (Lipinski definition) is 2. The summed E-state index contributed by atoms with van der Waals surface area (Å²) < 4.78 is 33.3. The second kappa shape index (κ2) is 7.73. The van der Waals surface area contributed by atoms with Crippen molar-refractivity contribution in [2.45, 2.75) is 37.7 Å². The molecule has 0 radical (unpaired) electrons. The lowest BCUT2D eigenvalue weighted by Crippen LogP contribution is -2.41. The van der Waals surface area contributed by atoms with Crippen LogP contribution in [-0.4, -0.2) is 31.7 Å². The molecule has 1 aliphatic rings. The highest BCUT2D eigenvalue weighted by atomic mass is 32.2. The number of aliphatic hydroxyl groups is 1. The van der Waals surface area contributed by atoms with Gasteiger partial charge < -0.3 is 9.84 Å². The molecule has 1 fully saturated rings. The summed E-state index contributed by atoms with van der Waals surface area (Å²) in [5, 5.41) is 9.65. The number of hydrogen-bond acceptors (Lipinski definition) is 5. The van der Waals surface area contributed by atoms with Crippen molar-refractivity contribution in [3.05, 3.63) is 59.3 Å². The molecule has 1 aliphatic carbocycles. The van der Waals surface area contributed by atoms with Crippen LogP contribution in [0.1, 0.15) is 35.6 Å². The number of benzene rings is 1. The maximum atomic E-state index is 12.7. The number of aryl methyl sites for hydroxylation is 1. The van der Waals surface area contributed by atoms with E-state index in [-0.39, 0.29) is 17.8 Å². The second-order valence-electron chi connectivity index (χ2n) is 6.86. The number of methoxy groups -OCH3 is 1. The van der Waals surface area contributed by atoms with Crippen LogP contribution < -0.4 is 9.46 Å². The molecule has 2 aromatic rings. The van der Waals surface area contributed by atoms with Gasteiger partial charge in [-0.3, -0.25) is 0 Å². The number of sulfonamides is 1. The Hall–Kier alpha value is -1.96. The first-order valence-corrected chi connectivity index (χ1v) is 10.2. The lowest BCUT2D eigenvalue weighted by atomic mass is 9.76. The van der Waals surface area contributed by atoms with Crippen LogP contribution in [0.2, 0.25) is 0 Å². The van der Waals surface area contributed by atoms with Crippen LogP contribution in [0.25, 0.3) is 0 Å². The molecule has 1 unspecified atom stereocenters. The van der Waals surface area contributed by atoms with Crippen LogP contribution >= 0.6 is 0 Å². The number of aliphatic hydroxyl groups excluding tert-OH is 1. The third kappa shape index (κ3) is 4.60.